The summed E-state index contributed by atoms with van der Waals surface area (Å²) in [4.78, 5) is 12.1. The number of amides is 1. The van der Waals surface area contributed by atoms with Gasteiger partial charge in [-0.25, -0.2) is 0 Å². The summed E-state index contributed by atoms with van der Waals surface area (Å²) in [7, 11) is 0. The van der Waals surface area contributed by atoms with Crippen molar-refractivity contribution in [1.29, 1.82) is 0 Å². The number of nitrogens with one attached hydrogen (secondary N) is 1. The predicted molar refractivity (Wildman–Crippen MR) is 82.4 cm³/mol. The average Bonchev–Trinajstić information content (AvgIpc) is 2.94. The van der Waals surface area contributed by atoms with Gasteiger partial charge in [-0.1, -0.05) is 23.7 Å². The van der Waals surface area contributed by atoms with E-state index in [1.807, 2.05) is 29.8 Å². The van der Waals surface area contributed by atoms with Gasteiger partial charge >= 0.3 is 0 Å². The first-order valence-electron chi connectivity index (χ1n) is 6.20. The number of halogens is 1. The molecule has 3 nitrogen and oxygen atoms in total. The van der Waals surface area contributed by atoms with E-state index in [2.05, 4.69) is 5.32 Å². The van der Waals surface area contributed by atoms with Gasteiger partial charge < -0.3 is 10.4 Å². The molecule has 0 bridgehead atoms. The summed E-state index contributed by atoms with van der Waals surface area (Å²) in [5, 5.41) is 17.3. The van der Waals surface area contributed by atoms with Crippen molar-refractivity contribution in [2.24, 2.45) is 0 Å². The lowest BCUT2D eigenvalue weighted by Crippen LogP contribution is -2.38. The van der Waals surface area contributed by atoms with E-state index in [1.165, 1.54) is 11.3 Å². The smallest absolute Gasteiger partial charge is 0.252 e. The van der Waals surface area contributed by atoms with Crippen LogP contribution >= 0.6 is 22.9 Å². The monoisotopic (exact) mass is 309 g/mol. The second-order valence-corrected chi connectivity index (χ2v) is 6.06. The molecule has 1 atom stereocenters. The Labute approximate surface area is 127 Å². The number of aliphatic hydroxyl groups is 1. The fourth-order valence-corrected chi connectivity index (χ4v) is 2.84. The Balaban J connectivity index is 2.08. The molecule has 2 rings (SSSR count). The molecule has 0 aliphatic carbocycles. The van der Waals surface area contributed by atoms with Crippen LogP contribution in [-0.2, 0) is 5.60 Å². The summed E-state index contributed by atoms with van der Waals surface area (Å²) in [5.74, 6) is -0.283. The van der Waals surface area contributed by atoms with Gasteiger partial charge in [-0.2, -0.15) is 11.3 Å². The Hall–Kier alpha value is -1.36. The van der Waals surface area contributed by atoms with Gasteiger partial charge in [-0.3, -0.25) is 4.79 Å². The van der Waals surface area contributed by atoms with Crippen molar-refractivity contribution in [3.8, 4) is 0 Å². The molecule has 1 heterocycles. The molecule has 0 radical (unpaired) electrons. The van der Waals surface area contributed by atoms with E-state index < -0.39 is 5.60 Å². The van der Waals surface area contributed by atoms with Crippen molar-refractivity contribution in [3.05, 3.63) is 56.7 Å². The Morgan fingerprint density at radius 3 is 2.85 bits per heavy atom. The zero-order chi connectivity index (χ0) is 14.8. The molecule has 2 aromatic rings. The fraction of sp³-hybridized carbons (Fsp3) is 0.267. The molecule has 20 heavy (non-hydrogen) atoms. The first-order valence-corrected chi connectivity index (χ1v) is 7.52. The summed E-state index contributed by atoms with van der Waals surface area (Å²) < 4.78 is 0. The van der Waals surface area contributed by atoms with E-state index in [0.717, 1.165) is 11.1 Å². The number of hydrogen-bond donors (Lipinski definition) is 2. The Morgan fingerprint density at radius 2 is 2.20 bits per heavy atom. The molecule has 1 unspecified atom stereocenters. The molecule has 5 heteroatoms. The van der Waals surface area contributed by atoms with Gasteiger partial charge in [0.05, 0.1) is 17.1 Å². The molecule has 1 amide bonds. The number of carbonyl (C=O) groups excluding carboxylic acids is 1. The van der Waals surface area contributed by atoms with Gasteiger partial charge in [0.25, 0.3) is 5.91 Å². The number of aryl methyl sites for hydroxylation is 1. The summed E-state index contributed by atoms with van der Waals surface area (Å²) in [6.45, 7) is 3.65. The Kier molecular flexibility index (Phi) is 4.48. The number of rotatable bonds is 4. The quantitative estimate of drug-likeness (QED) is 0.910. The summed E-state index contributed by atoms with van der Waals surface area (Å²) in [6.07, 6.45) is 0. The maximum Gasteiger partial charge on any atom is 0.252 e. The van der Waals surface area contributed by atoms with Crippen LogP contribution in [0.2, 0.25) is 5.02 Å². The van der Waals surface area contributed by atoms with Crippen LogP contribution in [0.15, 0.2) is 35.0 Å². The highest BCUT2D eigenvalue weighted by atomic mass is 35.5. The normalized spacial score (nSPS) is 13.8. The third kappa shape index (κ3) is 3.20. The van der Waals surface area contributed by atoms with E-state index in [9.17, 15) is 9.90 Å². The highest BCUT2D eigenvalue weighted by molar-refractivity contribution is 7.08. The lowest BCUT2D eigenvalue weighted by atomic mass is 9.99. The Morgan fingerprint density at radius 1 is 1.45 bits per heavy atom. The van der Waals surface area contributed by atoms with Crippen LogP contribution in [-0.4, -0.2) is 17.6 Å². The van der Waals surface area contributed by atoms with Crippen molar-refractivity contribution in [3.63, 3.8) is 0 Å². The molecule has 2 N–H and O–H groups in total. The van der Waals surface area contributed by atoms with Gasteiger partial charge in [0.2, 0.25) is 0 Å². The van der Waals surface area contributed by atoms with E-state index in [0.29, 0.717) is 10.6 Å². The number of thiophene rings is 1. The topological polar surface area (TPSA) is 49.3 Å². The predicted octanol–water partition coefficient (Wildman–Crippen LogP) is 3.35. The molecule has 1 aromatic carbocycles. The maximum atomic E-state index is 12.1. The Bertz CT molecular complexity index is 608. The van der Waals surface area contributed by atoms with Gasteiger partial charge in [-0.15, -0.1) is 0 Å². The number of hydrogen-bond acceptors (Lipinski definition) is 3. The lowest BCUT2D eigenvalue weighted by Gasteiger charge is -2.23. The molecule has 0 fully saturated rings. The van der Waals surface area contributed by atoms with Crippen molar-refractivity contribution in [1.82, 2.24) is 5.32 Å². The highest BCUT2D eigenvalue weighted by Gasteiger charge is 2.24. The highest BCUT2D eigenvalue weighted by Crippen LogP contribution is 2.23. The second-order valence-electron chi connectivity index (χ2n) is 4.91. The molecule has 0 aliphatic rings. The minimum atomic E-state index is -1.09. The largest absolute Gasteiger partial charge is 0.384 e. The van der Waals surface area contributed by atoms with Crippen LogP contribution in [0, 0.1) is 6.92 Å². The molecule has 0 saturated heterocycles. The van der Waals surface area contributed by atoms with Crippen molar-refractivity contribution in [2.45, 2.75) is 19.4 Å². The van der Waals surface area contributed by atoms with Crippen LogP contribution < -0.4 is 5.32 Å². The maximum absolute atomic E-state index is 12.1. The zero-order valence-electron chi connectivity index (χ0n) is 11.3. The van der Waals surface area contributed by atoms with Crippen LogP contribution in [0.3, 0.4) is 0 Å². The van der Waals surface area contributed by atoms with Crippen LogP contribution in [0.25, 0.3) is 0 Å². The third-order valence-corrected chi connectivity index (χ3v) is 4.36. The number of benzene rings is 1. The van der Waals surface area contributed by atoms with Crippen LogP contribution in [0.1, 0.15) is 28.4 Å². The molecule has 1 aromatic heterocycles. The number of carbonyl (C=O) groups is 1. The zero-order valence-corrected chi connectivity index (χ0v) is 12.9. The first kappa shape index (κ1) is 15.0. The van der Waals surface area contributed by atoms with Crippen molar-refractivity contribution >= 4 is 28.8 Å². The van der Waals surface area contributed by atoms with Crippen molar-refractivity contribution in [2.75, 3.05) is 6.54 Å². The molecule has 0 aliphatic heterocycles. The minimum absolute atomic E-state index is 0.132. The SMILES string of the molecule is Cc1cccc(C(=O)NCC(C)(O)c2ccsc2)c1Cl. The van der Waals surface area contributed by atoms with E-state index in [4.69, 9.17) is 11.6 Å². The first-order chi connectivity index (χ1) is 9.42. The fourth-order valence-electron chi connectivity index (χ4n) is 1.84. The van der Waals surface area contributed by atoms with Gasteiger partial charge in [0.15, 0.2) is 0 Å². The van der Waals surface area contributed by atoms with E-state index in [1.54, 1.807) is 19.1 Å². The minimum Gasteiger partial charge on any atom is -0.384 e. The summed E-state index contributed by atoms with van der Waals surface area (Å²) >= 11 is 7.62. The average molecular weight is 310 g/mol. The van der Waals surface area contributed by atoms with Gasteiger partial charge in [0.1, 0.15) is 5.60 Å². The molecular weight excluding hydrogens is 294 g/mol. The molecule has 106 valence electrons. The summed E-state index contributed by atoms with van der Waals surface area (Å²) in [5.41, 5.74) is 0.973. The van der Waals surface area contributed by atoms with E-state index in [-0.39, 0.29) is 12.5 Å². The third-order valence-electron chi connectivity index (χ3n) is 3.17. The molecule has 0 spiro atoms. The van der Waals surface area contributed by atoms with Crippen LogP contribution in [0.5, 0.6) is 0 Å². The molecule has 0 saturated carbocycles. The van der Waals surface area contributed by atoms with E-state index >= 15 is 0 Å². The lowest BCUT2D eigenvalue weighted by molar-refractivity contribution is 0.0530. The van der Waals surface area contributed by atoms with Gasteiger partial charge in [0, 0.05) is 0 Å². The summed E-state index contributed by atoms with van der Waals surface area (Å²) in [6, 6.07) is 7.15. The van der Waals surface area contributed by atoms with Gasteiger partial charge in [-0.05, 0) is 47.9 Å². The standard InChI is InChI=1S/C15H16ClNO2S/c1-10-4-3-5-12(13(10)16)14(18)17-9-15(2,19)11-6-7-20-8-11/h3-8,19H,9H2,1-2H3,(H,17,18). The van der Waals surface area contributed by atoms with Crippen molar-refractivity contribution < 1.29 is 9.90 Å². The molecular formula is C15H16ClNO2S. The van der Waals surface area contributed by atoms with Crippen LogP contribution in [0.4, 0.5) is 0 Å². The second kappa shape index (κ2) is 5.95.